The van der Waals surface area contributed by atoms with E-state index in [0.29, 0.717) is 37.6 Å². The molecule has 2 aromatic carbocycles. The van der Waals surface area contributed by atoms with Crippen molar-refractivity contribution >= 4 is 46.4 Å². The summed E-state index contributed by atoms with van der Waals surface area (Å²) >= 11 is 24.0. The molecule has 2 rings (SSSR count). The molecule has 0 aliphatic rings. The van der Waals surface area contributed by atoms with Crippen molar-refractivity contribution in [1.29, 1.82) is 0 Å². The van der Waals surface area contributed by atoms with E-state index in [1.807, 2.05) is 0 Å². The standard InChI is InChI=1S/C14H10Cl4O/c15-8-4-5-9(13(18)6-8)14(19)7-10-11(16)2-1-3-12(10)17/h1-6,14,19H,7H2. The van der Waals surface area contributed by atoms with Crippen LogP contribution in [-0.4, -0.2) is 5.11 Å². The van der Waals surface area contributed by atoms with Gasteiger partial charge in [-0.3, -0.25) is 0 Å². The average molecular weight is 336 g/mol. The average Bonchev–Trinajstić information content (AvgIpc) is 2.33. The second-order valence-electron chi connectivity index (χ2n) is 4.09. The Balaban J connectivity index is 2.28. The van der Waals surface area contributed by atoms with Gasteiger partial charge in [0.25, 0.3) is 0 Å². The number of halogens is 4. The Hall–Kier alpha value is -0.440. The Kier molecular flexibility index (Phi) is 4.99. The molecule has 0 bridgehead atoms. The lowest BCUT2D eigenvalue weighted by Crippen LogP contribution is -2.03. The third-order valence-corrected chi connectivity index (χ3v) is 4.05. The van der Waals surface area contributed by atoms with E-state index in [1.165, 1.54) is 0 Å². The van der Waals surface area contributed by atoms with Gasteiger partial charge in [-0.15, -0.1) is 0 Å². The van der Waals surface area contributed by atoms with Crippen LogP contribution in [0.4, 0.5) is 0 Å². The van der Waals surface area contributed by atoms with Crippen LogP contribution in [-0.2, 0) is 6.42 Å². The van der Waals surface area contributed by atoms with Gasteiger partial charge in [-0.05, 0) is 35.4 Å². The van der Waals surface area contributed by atoms with Gasteiger partial charge in [0.1, 0.15) is 0 Å². The number of hydrogen-bond donors (Lipinski definition) is 1. The van der Waals surface area contributed by atoms with Crippen molar-refractivity contribution in [2.45, 2.75) is 12.5 Å². The van der Waals surface area contributed by atoms with Crippen LogP contribution in [0.2, 0.25) is 20.1 Å². The molecule has 0 radical (unpaired) electrons. The van der Waals surface area contributed by atoms with Gasteiger partial charge in [0.15, 0.2) is 0 Å². The molecule has 0 fully saturated rings. The fourth-order valence-corrected chi connectivity index (χ4v) is 2.89. The van der Waals surface area contributed by atoms with E-state index in [1.54, 1.807) is 36.4 Å². The first kappa shape index (κ1) is 15.0. The molecule has 0 aromatic heterocycles. The molecule has 0 saturated heterocycles. The van der Waals surface area contributed by atoms with Gasteiger partial charge in [-0.2, -0.15) is 0 Å². The van der Waals surface area contributed by atoms with Gasteiger partial charge < -0.3 is 5.11 Å². The quantitative estimate of drug-likeness (QED) is 0.776. The summed E-state index contributed by atoms with van der Waals surface area (Å²) in [6.45, 7) is 0. The normalized spacial score (nSPS) is 12.5. The van der Waals surface area contributed by atoms with E-state index >= 15 is 0 Å². The van der Waals surface area contributed by atoms with E-state index in [2.05, 4.69) is 0 Å². The second-order valence-corrected chi connectivity index (χ2v) is 5.74. The van der Waals surface area contributed by atoms with Gasteiger partial charge in [0.2, 0.25) is 0 Å². The molecule has 2 aromatic rings. The van der Waals surface area contributed by atoms with Crippen LogP contribution in [0, 0.1) is 0 Å². The fraction of sp³-hybridized carbons (Fsp3) is 0.143. The largest absolute Gasteiger partial charge is 0.388 e. The first-order chi connectivity index (χ1) is 8.99. The molecule has 1 atom stereocenters. The monoisotopic (exact) mass is 334 g/mol. The number of aliphatic hydroxyl groups excluding tert-OH is 1. The van der Waals surface area contributed by atoms with Gasteiger partial charge in [0.05, 0.1) is 6.10 Å². The summed E-state index contributed by atoms with van der Waals surface area (Å²) in [4.78, 5) is 0. The minimum Gasteiger partial charge on any atom is -0.388 e. The van der Waals surface area contributed by atoms with Crippen molar-refractivity contribution in [1.82, 2.24) is 0 Å². The van der Waals surface area contributed by atoms with Gasteiger partial charge in [0, 0.05) is 26.5 Å². The summed E-state index contributed by atoms with van der Waals surface area (Å²) in [7, 11) is 0. The van der Waals surface area contributed by atoms with E-state index in [4.69, 9.17) is 46.4 Å². The van der Waals surface area contributed by atoms with Crippen LogP contribution in [0.5, 0.6) is 0 Å². The molecule has 0 heterocycles. The number of aliphatic hydroxyl groups is 1. The van der Waals surface area contributed by atoms with Crippen LogP contribution < -0.4 is 0 Å². The van der Waals surface area contributed by atoms with Crippen molar-refractivity contribution in [3.05, 3.63) is 67.6 Å². The predicted molar refractivity (Wildman–Crippen MR) is 81.6 cm³/mol. The van der Waals surface area contributed by atoms with Crippen molar-refractivity contribution < 1.29 is 5.11 Å². The van der Waals surface area contributed by atoms with Crippen LogP contribution in [0.1, 0.15) is 17.2 Å². The zero-order valence-electron chi connectivity index (χ0n) is 9.71. The SMILES string of the molecule is OC(Cc1c(Cl)cccc1Cl)c1ccc(Cl)cc1Cl. The molecule has 19 heavy (non-hydrogen) atoms. The minimum atomic E-state index is -0.790. The third kappa shape index (κ3) is 3.56. The lowest BCUT2D eigenvalue weighted by atomic mass is 10.0. The van der Waals surface area contributed by atoms with E-state index in [0.717, 1.165) is 0 Å². The molecule has 0 saturated carbocycles. The third-order valence-electron chi connectivity index (χ3n) is 2.78. The summed E-state index contributed by atoms with van der Waals surface area (Å²) in [5, 5.41) is 12.2. The van der Waals surface area contributed by atoms with Crippen LogP contribution in [0.15, 0.2) is 36.4 Å². The fourth-order valence-electron chi connectivity index (χ4n) is 1.80. The van der Waals surface area contributed by atoms with Gasteiger partial charge in [-0.1, -0.05) is 58.5 Å². The maximum absolute atomic E-state index is 10.2. The summed E-state index contributed by atoms with van der Waals surface area (Å²) in [5.74, 6) is 0. The summed E-state index contributed by atoms with van der Waals surface area (Å²) in [6.07, 6.45) is -0.498. The molecular formula is C14H10Cl4O. The summed E-state index contributed by atoms with van der Waals surface area (Å²) in [6, 6.07) is 10.2. The van der Waals surface area contributed by atoms with Gasteiger partial charge in [-0.25, -0.2) is 0 Å². The van der Waals surface area contributed by atoms with Crippen molar-refractivity contribution in [3.8, 4) is 0 Å². The zero-order valence-corrected chi connectivity index (χ0v) is 12.7. The Morgan fingerprint density at radius 2 is 1.53 bits per heavy atom. The van der Waals surface area contributed by atoms with Crippen molar-refractivity contribution in [2.24, 2.45) is 0 Å². The highest BCUT2D eigenvalue weighted by molar-refractivity contribution is 6.36. The first-order valence-electron chi connectivity index (χ1n) is 5.55. The van der Waals surface area contributed by atoms with E-state index in [9.17, 15) is 5.11 Å². The Morgan fingerprint density at radius 3 is 2.11 bits per heavy atom. The summed E-state index contributed by atoms with van der Waals surface area (Å²) in [5.41, 5.74) is 1.30. The maximum atomic E-state index is 10.2. The summed E-state index contributed by atoms with van der Waals surface area (Å²) < 4.78 is 0. The Labute approximate surface area is 131 Å². The molecule has 0 aliphatic carbocycles. The predicted octanol–water partition coefficient (Wildman–Crippen LogP) is 5.58. The molecule has 0 amide bonds. The topological polar surface area (TPSA) is 20.2 Å². The van der Waals surface area contributed by atoms with E-state index in [-0.39, 0.29) is 0 Å². The number of benzene rings is 2. The molecule has 100 valence electrons. The highest BCUT2D eigenvalue weighted by Crippen LogP contribution is 2.32. The smallest absolute Gasteiger partial charge is 0.0845 e. The van der Waals surface area contributed by atoms with Gasteiger partial charge >= 0.3 is 0 Å². The Morgan fingerprint density at radius 1 is 0.895 bits per heavy atom. The molecule has 5 heteroatoms. The highest BCUT2D eigenvalue weighted by atomic mass is 35.5. The lowest BCUT2D eigenvalue weighted by Gasteiger charge is -2.15. The maximum Gasteiger partial charge on any atom is 0.0845 e. The van der Waals surface area contributed by atoms with Crippen molar-refractivity contribution in [2.75, 3.05) is 0 Å². The molecule has 0 spiro atoms. The molecule has 0 aliphatic heterocycles. The first-order valence-corrected chi connectivity index (χ1v) is 7.06. The second kappa shape index (κ2) is 6.34. The molecule has 1 nitrogen and oxygen atoms in total. The van der Waals surface area contributed by atoms with Crippen LogP contribution >= 0.6 is 46.4 Å². The molecular weight excluding hydrogens is 326 g/mol. The van der Waals surface area contributed by atoms with Crippen LogP contribution in [0.3, 0.4) is 0 Å². The number of rotatable bonds is 3. The van der Waals surface area contributed by atoms with E-state index < -0.39 is 6.10 Å². The van der Waals surface area contributed by atoms with Crippen molar-refractivity contribution in [3.63, 3.8) is 0 Å². The minimum absolute atomic E-state index is 0.292. The molecule has 1 N–H and O–H groups in total. The number of hydrogen-bond acceptors (Lipinski definition) is 1. The highest BCUT2D eigenvalue weighted by Gasteiger charge is 2.16. The zero-order chi connectivity index (χ0) is 14.0. The molecule has 1 unspecified atom stereocenters. The van der Waals surface area contributed by atoms with Crippen LogP contribution in [0.25, 0.3) is 0 Å². The lowest BCUT2D eigenvalue weighted by molar-refractivity contribution is 0.178. The Bertz CT molecular complexity index is 578.